The molecule has 0 amide bonds. The monoisotopic (exact) mass is 494 g/mol. The zero-order chi connectivity index (χ0) is 22.2. The molecule has 9 heteroatoms. The topological polar surface area (TPSA) is 79.4 Å². The number of benzene rings is 1. The van der Waals surface area contributed by atoms with Crippen LogP contribution in [-0.2, 0) is 0 Å². The van der Waals surface area contributed by atoms with E-state index in [1.807, 2.05) is 31.2 Å². The van der Waals surface area contributed by atoms with E-state index in [4.69, 9.17) is 4.52 Å². The Morgan fingerprint density at radius 1 is 1.00 bits per heavy atom. The highest BCUT2D eigenvalue weighted by Crippen LogP contribution is 2.28. The molecule has 0 bridgehead atoms. The first-order valence-electron chi connectivity index (χ1n) is 10.4. The van der Waals surface area contributed by atoms with E-state index < -0.39 is 0 Å². The zero-order valence-electron chi connectivity index (χ0n) is 17.9. The molecule has 1 aliphatic rings. The first-order chi connectivity index (χ1) is 15.5. The molecule has 8 nitrogen and oxygen atoms in total. The number of halogens is 1. The van der Waals surface area contributed by atoms with Gasteiger partial charge >= 0.3 is 0 Å². The Labute approximate surface area is 193 Å². The van der Waals surface area contributed by atoms with Gasteiger partial charge in [-0.15, -0.1) is 4.74 Å². The van der Waals surface area contributed by atoms with Crippen molar-refractivity contribution < 1.29 is 4.52 Å². The fourth-order valence-corrected chi connectivity index (χ4v) is 4.19. The van der Waals surface area contributed by atoms with Crippen LogP contribution >= 0.6 is 15.9 Å². The molecular formula is C23H23BrN6O2. The van der Waals surface area contributed by atoms with Gasteiger partial charge in [0.1, 0.15) is 5.39 Å². The normalized spacial score (nSPS) is 14.8. The zero-order valence-corrected chi connectivity index (χ0v) is 19.5. The van der Waals surface area contributed by atoms with E-state index >= 15 is 0 Å². The molecule has 4 heterocycles. The fourth-order valence-electron chi connectivity index (χ4n) is 3.86. The number of aromatic nitrogens is 3. The third-order valence-electron chi connectivity index (χ3n) is 5.87. The number of rotatable bonds is 4. The molecule has 1 aliphatic heterocycles. The fraction of sp³-hybridized carbons (Fsp3) is 0.261. The standard InChI is InChI=1S/C23H23BrN6O2/c1-15-18(24)13-25-14-20(15)27-19-7-8-26-22-21(19)23(31)30(32-22)17-5-3-16(4-6-17)29-11-9-28(2)10-12-29/h3-8,13-14H,9-12H2,1-2H3,(H,26,27). The quantitative estimate of drug-likeness (QED) is 0.460. The lowest BCUT2D eigenvalue weighted by atomic mass is 10.2. The van der Waals surface area contributed by atoms with Crippen LogP contribution in [0, 0.1) is 6.92 Å². The first-order valence-corrected chi connectivity index (χ1v) is 11.2. The Morgan fingerprint density at radius 3 is 2.47 bits per heavy atom. The predicted octanol–water partition coefficient (Wildman–Crippen LogP) is 3.94. The summed E-state index contributed by atoms with van der Waals surface area (Å²) in [4.78, 5) is 26.4. The molecule has 0 radical (unpaired) electrons. The van der Waals surface area contributed by atoms with Crippen molar-refractivity contribution in [1.82, 2.24) is 19.6 Å². The van der Waals surface area contributed by atoms with E-state index in [0.29, 0.717) is 16.8 Å². The smallest absolute Gasteiger partial charge is 0.299 e. The largest absolute Gasteiger partial charge is 0.369 e. The number of nitrogens with zero attached hydrogens (tertiary/aromatic N) is 5. The lowest BCUT2D eigenvalue weighted by Gasteiger charge is -2.34. The second-order valence-electron chi connectivity index (χ2n) is 7.96. The van der Waals surface area contributed by atoms with Gasteiger partial charge in [-0.2, -0.15) is 0 Å². The molecule has 0 spiro atoms. The molecule has 164 valence electrons. The second kappa shape index (κ2) is 8.40. The maximum absolute atomic E-state index is 13.3. The van der Waals surface area contributed by atoms with E-state index in [9.17, 15) is 4.79 Å². The maximum Gasteiger partial charge on any atom is 0.299 e. The molecule has 0 atom stereocenters. The van der Waals surface area contributed by atoms with Crippen LogP contribution in [0.25, 0.3) is 16.8 Å². The van der Waals surface area contributed by atoms with Crippen LogP contribution < -0.4 is 15.8 Å². The average molecular weight is 495 g/mol. The van der Waals surface area contributed by atoms with Gasteiger partial charge in [-0.3, -0.25) is 9.78 Å². The molecule has 4 aromatic rings. The summed E-state index contributed by atoms with van der Waals surface area (Å²) in [6.07, 6.45) is 5.08. The van der Waals surface area contributed by atoms with Gasteiger partial charge in [0.2, 0.25) is 0 Å². The molecule has 3 aromatic heterocycles. The van der Waals surface area contributed by atoms with Crippen LogP contribution in [0.4, 0.5) is 17.1 Å². The van der Waals surface area contributed by atoms with Crippen molar-refractivity contribution in [2.45, 2.75) is 6.92 Å². The summed E-state index contributed by atoms with van der Waals surface area (Å²) < 4.78 is 8.01. The number of hydrogen-bond acceptors (Lipinski definition) is 7. The Hall–Kier alpha value is -3.17. The van der Waals surface area contributed by atoms with Gasteiger partial charge in [0.25, 0.3) is 11.3 Å². The average Bonchev–Trinajstić information content (AvgIpc) is 3.15. The highest BCUT2D eigenvalue weighted by atomic mass is 79.9. The number of nitrogens with one attached hydrogen (secondary N) is 1. The SMILES string of the molecule is Cc1c(Br)cncc1Nc1ccnc2on(-c3ccc(N4CCN(C)CC4)cc3)c(=O)c12. The van der Waals surface area contributed by atoms with Crippen molar-refractivity contribution in [3.63, 3.8) is 0 Å². The van der Waals surface area contributed by atoms with E-state index in [0.717, 1.165) is 47.6 Å². The Morgan fingerprint density at radius 2 is 1.72 bits per heavy atom. The molecular weight excluding hydrogens is 472 g/mol. The van der Waals surface area contributed by atoms with E-state index in [-0.39, 0.29) is 11.3 Å². The number of fused-ring (bicyclic) bond motifs is 1. The minimum Gasteiger partial charge on any atom is -0.369 e. The number of piperazine rings is 1. The first kappa shape index (κ1) is 20.7. The molecule has 1 saturated heterocycles. The Balaban J connectivity index is 1.48. The Kier molecular flexibility index (Phi) is 5.44. The van der Waals surface area contributed by atoms with Crippen molar-refractivity contribution in [2.24, 2.45) is 0 Å². The van der Waals surface area contributed by atoms with Gasteiger partial charge in [0.05, 0.1) is 23.3 Å². The van der Waals surface area contributed by atoms with Crippen molar-refractivity contribution in [3.8, 4) is 5.69 Å². The lowest BCUT2D eigenvalue weighted by molar-refractivity contribution is 0.313. The van der Waals surface area contributed by atoms with Crippen LogP contribution in [0.15, 0.2) is 62.7 Å². The van der Waals surface area contributed by atoms with Crippen LogP contribution in [0.3, 0.4) is 0 Å². The molecule has 1 aromatic carbocycles. The summed E-state index contributed by atoms with van der Waals surface area (Å²) in [6.45, 7) is 6.03. The third kappa shape index (κ3) is 3.78. The van der Waals surface area contributed by atoms with E-state index in [1.54, 1.807) is 24.7 Å². The molecule has 1 N–H and O–H groups in total. The summed E-state index contributed by atoms with van der Waals surface area (Å²) in [5, 5.41) is 3.70. The van der Waals surface area contributed by atoms with Gasteiger partial charge in [-0.1, -0.05) is 0 Å². The molecule has 5 rings (SSSR count). The summed E-state index contributed by atoms with van der Waals surface area (Å²) in [5.74, 6) is 0. The lowest BCUT2D eigenvalue weighted by Crippen LogP contribution is -2.44. The van der Waals surface area contributed by atoms with Crippen molar-refractivity contribution in [2.75, 3.05) is 43.4 Å². The molecule has 0 aliphatic carbocycles. The summed E-state index contributed by atoms with van der Waals surface area (Å²) >= 11 is 3.49. The van der Waals surface area contributed by atoms with Crippen LogP contribution in [-0.4, -0.2) is 52.8 Å². The van der Waals surface area contributed by atoms with E-state index in [2.05, 4.69) is 48.1 Å². The highest BCUT2D eigenvalue weighted by Gasteiger charge is 2.18. The molecule has 0 unspecified atom stereocenters. The van der Waals surface area contributed by atoms with Crippen molar-refractivity contribution in [3.05, 3.63) is 69.3 Å². The van der Waals surface area contributed by atoms with Gasteiger partial charge < -0.3 is 19.6 Å². The number of anilines is 3. The highest BCUT2D eigenvalue weighted by molar-refractivity contribution is 9.10. The van der Waals surface area contributed by atoms with Gasteiger partial charge in [-0.05, 0) is 65.8 Å². The van der Waals surface area contributed by atoms with Gasteiger partial charge in [0, 0.05) is 48.7 Å². The maximum atomic E-state index is 13.3. The molecule has 32 heavy (non-hydrogen) atoms. The molecule has 0 saturated carbocycles. The van der Waals surface area contributed by atoms with Crippen LogP contribution in [0.1, 0.15) is 5.56 Å². The summed E-state index contributed by atoms with van der Waals surface area (Å²) in [6, 6.07) is 9.65. The van der Waals surface area contributed by atoms with Gasteiger partial charge in [-0.25, -0.2) is 4.98 Å². The van der Waals surface area contributed by atoms with Gasteiger partial charge in [0.15, 0.2) is 0 Å². The van der Waals surface area contributed by atoms with Crippen molar-refractivity contribution >= 4 is 44.1 Å². The number of likely N-dealkylation sites (N-methyl/N-ethyl adjacent to an activating group) is 1. The van der Waals surface area contributed by atoms with Crippen LogP contribution in [0.5, 0.6) is 0 Å². The minimum absolute atomic E-state index is 0.261. The summed E-state index contributed by atoms with van der Waals surface area (Å²) in [7, 11) is 2.14. The number of hydrogen-bond donors (Lipinski definition) is 1. The van der Waals surface area contributed by atoms with Crippen LogP contribution in [0.2, 0.25) is 0 Å². The summed E-state index contributed by atoms with van der Waals surface area (Å²) in [5.41, 5.74) is 4.25. The third-order valence-corrected chi connectivity index (χ3v) is 6.67. The van der Waals surface area contributed by atoms with E-state index in [1.165, 1.54) is 4.74 Å². The second-order valence-corrected chi connectivity index (χ2v) is 8.81. The number of pyridine rings is 2. The molecule has 1 fully saturated rings. The minimum atomic E-state index is -0.261. The predicted molar refractivity (Wildman–Crippen MR) is 129 cm³/mol. The van der Waals surface area contributed by atoms with Crippen molar-refractivity contribution in [1.29, 1.82) is 0 Å². The Bertz CT molecular complexity index is 1320.